The lowest BCUT2D eigenvalue weighted by Gasteiger charge is -2.49. The molecule has 0 spiro atoms. The first-order valence-corrected chi connectivity index (χ1v) is 9.24. The lowest BCUT2D eigenvalue weighted by molar-refractivity contribution is 0.0276. The first-order valence-electron chi connectivity index (χ1n) is 9.24. The molecule has 3 unspecified atom stereocenters. The van der Waals surface area contributed by atoms with Gasteiger partial charge in [-0.15, -0.1) is 0 Å². The maximum Gasteiger partial charge on any atom is 0.0434 e. The fraction of sp³-hybridized carbons (Fsp3) is 1.00. The lowest BCUT2D eigenvalue weighted by Crippen LogP contribution is -2.58. The molecule has 0 aromatic heterocycles. The van der Waals surface area contributed by atoms with Gasteiger partial charge in [-0.1, -0.05) is 19.8 Å². The van der Waals surface area contributed by atoms with Crippen molar-refractivity contribution in [2.75, 3.05) is 26.2 Å². The van der Waals surface area contributed by atoms with Gasteiger partial charge >= 0.3 is 0 Å². The summed E-state index contributed by atoms with van der Waals surface area (Å²) in [6.45, 7) is 10.9. The van der Waals surface area contributed by atoms with E-state index in [-0.39, 0.29) is 0 Å². The molecule has 0 aromatic rings. The highest BCUT2D eigenvalue weighted by Crippen LogP contribution is 2.35. The molecule has 3 heteroatoms. The molecule has 1 aliphatic carbocycles. The molecular weight excluding hydrogens is 260 g/mol. The topological polar surface area (TPSA) is 35.5 Å². The van der Waals surface area contributed by atoms with Crippen LogP contribution in [0, 0.1) is 17.8 Å². The summed E-state index contributed by atoms with van der Waals surface area (Å²) in [7, 11) is 0. The average molecular weight is 296 g/mol. The number of hydrogen-bond donors (Lipinski definition) is 2. The predicted molar refractivity (Wildman–Crippen MR) is 89.4 cm³/mol. The SMILES string of the molecule is CCCC(CCO)CNC1C2CCCC1CN(C(C)C)C2. The monoisotopic (exact) mass is 296 g/mol. The number of piperidine rings is 1. The summed E-state index contributed by atoms with van der Waals surface area (Å²) < 4.78 is 0. The Morgan fingerprint density at radius 2 is 1.81 bits per heavy atom. The van der Waals surface area contributed by atoms with E-state index in [0.717, 1.165) is 30.8 Å². The predicted octanol–water partition coefficient (Wildman–Crippen LogP) is 2.88. The molecule has 3 atom stereocenters. The van der Waals surface area contributed by atoms with Gasteiger partial charge in [-0.25, -0.2) is 0 Å². The van der Waals surface area contributed by atoms with Crippen molar-refractivity contribution in [2.24, 2.45) is 17.8 Å². The van der Waals surface area contributed by atoms with E-state index in [1.54, 1.807) is 0 Å². The summed E-state index contributed by atoms with van der Waals surface area (Å²) in [4.78, 5) is 2.68. The summed E-state index contributed by atoms with van der Waals surface area (Å²) in [5.74, 6) is 2.34. The van der Waals surface area contributed by atoms with E-state index in [0.29, 0.717) is 18.6 Å². The van der Waals surface area contributed by atoms with Crippen molar-refractivity contribution in [2.45, 2.75) is 71.4 Å². The Bertz CT molecular complexity index is 275. The summed E-state index contributed by atoms with van der Waals surface area (Å²) in [6, 6.07) is 1.42. The fourth-order valence-corrected chi connectivity index (χ4v) is 4.47. The first kappa shape index (κ1) is 17.2. The zero-order chi connectivity index (χ0) is 15.2. The van der Waals surface area contributed by atoms with Crippen molar-refractivity contribution in [3.8, 4) is 0 Å². The van der Waals surface area contributed by atoms with Gasteiger partial charge in [-0.2, -0.15) is 0 Å². The van der Waals surface area contributed by atoms with E-state index in [2.05, 4.69) is 31.0 Å². The van der Waals surface area contributed by atoms with Gasteiger partial charge < -0.3 is 15.3 Å². The third-order valence-corrected chi connectivity index (χ3v) is 5.71. The molecular formula is C18H36N2O. The van der Waals surface area contributed by atoms with E-state index in [1.165, 1.54) is 45.2 Å². The lowest BCUT2D eigenvalue weighted by atomic mass is 9.73. The van der Waals surface area contributed by atoms with Gasteiger partial charge in [0.05, 0.1) is 0 Å². The highest BCUT2D eigenvalue weighted by Gasteiger charge is 2.39. The molecule has 3 nitrogen and oxygen atoms in total. The quantitative estimate of drug-likeness (QED) is 0.723. The minimum absolute atomic E-state index is 0.338. The molecule has 0 radical (unpaired) electrons. The van der Waals surface area contributed by atoms with Crippen LogP contribution >= 0.6 is 0 Å². The number of aliphatic hydroxyl groups excluding tert-OH is 1. The molecule has 2 rings (SSSR count). The van der Waals surface area contributed by atoms with Gasteiger partial charge in [0.15, 0.2) is 0 Å². The van der Waals surface area contributed by atoms with Crippen LogP contribution in [0.3, 0.4) is 0 Å². The molecule has 0 amide bonds. The number of hydrogen-bond acceptors (Lipinski definition) is 3. The Balaban J connectivity index is 1.87. The molecule has 2 fully saturated rings. The number of aliphatic hydroxyl groups is 1. The molecule has 2 bridgehead atoms. The second-order valence-corrected chi connectivity index (χ2v) is 7.60. The van der Waals surface area contributed by atoms with E-state index in [9.17, 15) is 5.11 Å². The van der Waals surface area contributed by atoms with Crippen LogP contribution in [0.1, 0.15) is 59.3 Å². The average Bonchev–Trinajstić information content (AvgIpc) is 2.44. The number of likely N-dealkylation sites (tertiary alicyclic amines) is 1. The van der Waals surface area contributed by atoms with Crippen LogP contribution in [0.4, 0.5) is 0 Å². The number of fused-ring (bicyclic) bond motifs is 2. The summed E-state index contributed by atoms with van der Waals surface area (Å²) in [5, 5.41) is 13.1. The summed E-state index contributed by atoms with van der Waals surface area (Å²) in [6.07, 6.45) is 7.65. The first-order chi connectivity index (χ1) is 10.2. The van der Waals surface area contributed by atoms with Crippen molar-refractivity contribution < 1.29 is 5.11 Å². The van der Waals surface area contributed by atoms with Gasteiger partial charge in [0.1, 0.15) is 0 Å². The Morgan fingerprint density at radius 1 is 1.14 bits per heavy atom. The van der Waals surface area contributed by atoms with Crippen LogP contribution in [0.25, 0.3) is 0 Å². The second kappa shape index (κ2) is 8.50. The zero-order valence-corrected chi connectivity index (χ0v) is 14.4. The Hall–Kier alpha value is -0.120. The van der Waals surface area contributed by atoms with Crippen LogP contribution in [0.5, 0.6) is 0 Å². The Morgan fingerprint density at radius 3 is 2.33 bits per heavy atom. The van der Waals surface area contributed by atoms with Gasteiger partial charge in [-0.05, 0) is 63.8 Å². The van der Waals surface area contributed by atoms with Gasteiger partial charge in [0.2, 0.25) is 0 Å². The van der Waals surface area contributed by atoms with Crippen molar-refractivity contribution in [3.05, 3.63) is 0 Å². The van der Waals surface area contributed by atoms with Crippen molar-refractivity contribution in [3.63, 3.8) is 0 Å². The van der Waals surface area contributed by atoms with E-state index >= 15 is 0 Å². The molecule has 1 heterocycles. The van der Waals surface area contributed by atoms with E-state index in [4.69, 9.17) is 0 Å². The Labute approximate surface area is 131 Å². The minimum atomic E-state index is 0.338. The third-order valence-electron chi connectivity index (χ3n) is 5.71. The standard InChI is InChI=1S/C18H36N2O/c1-4-6-15(9-10-21)11-19-18-16-7-5-8-17(18)13-20(12-16)14(2)3/h14-19,21H,4-13H2,1-3H3. The third kappa shape index (κ3) is 4.67. The molecule has 124 valence electrons. The smallest absolute Gasteiger partial charge is 0.0434 e. The van der Waals surface area contributed by atoms with Crippen LogP contribution in [0.15, 0.2) is 0 Å². The molecule has 1 saturated carbocycles. The molecule has 1 aliphatic heterocycles. The summed E-state index contributed by atoms with van der Waals surface area (Å²) >= 11 is 0. The highest BCUT2D eigenvalue weighted by atomic mass is 16.3. The Kier molecular flexibility index (Phi) is 6.97. The van der Waals surface area contributed by atoms with Crippen LogP contribution in [-0.2, 0) is 0 Å². The zero-order valence-electron chi connectivity index (χ0n) is 14.4. The van der Waals surface area contributed by atoms with Crippen molar-refractivity contribution in [1.29, 1.82) is 0 Å². The number of nitrogens with one attached hydrogen (secondary N) is 1. The minimum Gasteiger partial charge on any atom is -0.396 e. The second-order valence-electron chi connectivity index (χ2n) is 7.60. The molecule has 0 aromatic carbocycles. The van der Waals surface area contributed by atoms with Gasteiger partial charge in [-0.3, -0.25) is 0 Å². The molecule has 21 heavy (non-hydrogen) atoms. The normalized spacial score (nSPS) is 31.6. The largest absolute Gasteiger partial charge is 0.396 e. The molecule has 2 aliphatic rings. The van der Waals surface area contributed by atoms with Gasteiger partial charge in [0.25, 0.3) is 0 Å². The fourth-order valence-electron chi connectivity index (χ4n) is 4.47. The molecule has 1 saturated heterocycles. The van der Waals surface area contributed by atoms with E-state index < -0.39 is 0 Å². The maximum atomic E-state index is 9.22. The van der Waals surface area contributed by atoms with Gasteiger partial charge in [0, 0.05) is 31.8 Å². The van der Waals surface area contributed by atoms with Crippen molar-refractivity contribution in [1.82, 2.24) is 10.2 Å². The van der Waals surface area contributed by atoms with Crippen LogP contribution < -0.4 is 5.32 Å². The van der Waals surface area contributed by atoms with E-state index in [1.807, 2.05) is 0 Å². The number of nitrogens with zero attached hydrogens (tertiary/aromatic N) is 1. The van der Waals surface area contributed by atoms with Crippen molar-refractivity contribution >= 4 is 0 Å². The molecule has 2 N–H and O–H groups in total. The van der Waals surface area contributed by atoms with Crippen LogP contribution in [0.2, 0.25) is 0 Å². The number of rotatable bonds is 8. The summed E-state index contributed by atoms with van der Waals surface area (Å²) in [5.41, 5.74) is 0. The van der Waals surface area contributed by atoms with Crippen LogP contribution in [-0.4, -0.2) is 48.3 Å². The maximum absolute atomic E-state index is 9.22. The highest BCUT2D eigenvalue weighted by molar-refractivity contribution is 4.95.